The number of carbonyl (C=O) groups excluding carboxylic acids is 1. The smallest absolute Gasteiger partial charge is 0.356 e. The molecular weight excluding hydrogens is 388 g/mol. The first-order valence-corrected chi connectivity index (χ1v) is 9.42. The number of urea groups is 1. The Morgan fingerprint density at radius 1 is 1.07 bits per heavy atom. The minimum absolute atomic E-state index is 0.0729. The maximum atomic E-state index is 13.0. The molecule has 2 aromatic rings. The predicted octanol–water partition coefficient (Wildman–Crippen LogP) is 4.28. The van der Waals surface area contributed by atoms with Gasteiger partial charge in [0, 0.05) is 30.7 Å². The Morgan fingerprint density at radius 2 is 1.83 bits per heavy atom. The molecule has 9 heteroatoms. The normalized spacial score (nSPS) is 23.7. The van der Waals surface area contributed by atoms with Crippen LogP contribution in [0.1, 0.15) is 18.5 Å². The highest BCUT2D eigenvalue weighted by atomic mass is 19.4. The van der Waals surface area contributed by atoms with E-state index in [9.17, 15) is 22.4 Å². The number of pyridine rings is 1. The summed E-state index contributed by atoms with van der Waals surface area (Å²) in [6.07, 6.45) is -2.77. The number of nitrogens with one attached hydrogen (secondary N) is 2. The minimum atomic E-state index is -4.48. The molecule has 2 unspecified atom stereocenters. The van der Waals surface area contributed by atoms with Crippen LogP contribution in [-0.4, -0.2) is 30.1 Å². The number of hydrogen-bond donors (Lipinski definition) is 2. The van der Waals surface area contributed by atoms with Crippen molar-refractivity contribution in [3.8, 4) is 0 Å². The van der Waals surface area contributed by atoms with E-state index in [0.717, 1.165) is 18.9 Å². The molecule has 0 radical (unpaired) electrons. The van der Waals surface area contributed by atoms with Crippen molar-refractivity contribution in [3.05, 3.63) is 54.0 Å². The molecule has 0 bridgehead atoms. The summed E-state index contributed by atoms with van der Waals surface area (Å²) < 4.78 is 51.8. The number of rotatable bonds is 3. The Labute approximate surface area is 165 Å². The van der Waals surface area contributed by atoms with Gasteiger partial charge in [-0.15, -0.1) is 0 Å². The van der Waals surface area contributed by atoms with Gasteiger partial charge in [-0.1, -0.05) is 6.07 Å². The summed E-state index contributed by atoms with van der Waals surface area (Å²) in [5, 5.41) is 5.63. The van der Waals surface area contributed by atoms with Crippen LogP contribution in [0.5, 0.6) is 0 Å². The maximum Gasteiger partial charge on any atom is 0.433 e. The molecule has 2 fully saturated rings. The van der Waals surface area contributed by atoms with Crippen LogP contribution in [0, 0.1) is 17.7 Å². The topological polar surface area (TPSA) is 57.3 Å². The van der Waals surface area contributed by atoms with Gasteiger partial charge in [0.05, 0.1) is 0 Å². The molecule has 154 valence electrons. The highest BCUT2D eigenvalue weighted by molar-refractivity contribution is 5.89. The number of nitrogens with zero attached hydrogens (tertiary/aromatic N) is 2. The van der Waals surface area contributed by atoms with Gasteiger partial charge >= 0.3 is 12.2 Å². The van der Waals surface area contributed by atoms with Crippen LogP contribution >= 0.6 is 0 Å². The standard InChI is InChI=1S/C20H20F4N4O/c21-13-5-7-14(8-6-13)25-19(29)26-16-9-4-12-10-28(11-15(12)16)18-3-1-2-17(27-18)20(22,23)24/h1-3,5-8,12,15-16H,4,9-11H2,(H2,25,26,29)/t12-,15?,16?/m1/s1. The second-order valence-electron chi connectivity index (χ2n) is 7.50. The summed E-state index contributed by atoms with van der Waals surface area (Å²) in [5.41, 5.74) is -0.417. The van der Waals surface area contributed by atoms with E-state index in [0.29, 0.717) is 30.5 Å². The van der Waals surface area contributed by atoms with Gasteiger partial charge in [-0.3, -0.25) is 0 Å². The number of hydrogen-bond acceptors (Lipinski definition) is 3. The molecule has 2 aliphatic rings. The van der Waals surface area contributed by atoms with Gasteiger partial charge < -0.3 is 15.5 Å². The molecular formula is C20H20F4N4O. The fraction of sp³-hybridized carbons (Fsp3) is 0.400. The molecule has 1 saturated heterocycles. The summed E-state index contributed by atoms with van der Waals surface area (Å²) in [6, 6.07) is 8.94. The van der Waals surface area contributed by atoms with E-state index in [-0.39, 0.29) is 23.8 Å². The number of aromatic nitrogens is 1. The van der Waals surface area contributed by atoms with Crippen LogP contribution in [0.2, 0.25) is 0 Å². The van der Waals surface area contributed by atoms with Gasteiger partial charge in [0.2, 0.25) is 0 Å². The number of carbonyl (C=O) groups is 1. The zero-order chi connectivity index (χ0) is 20.6. The van der Waals surface area contributed by atoms with Crippen molar-refractivity contribution >= 4 is 17.5 Å². The molecule has 3 atom stereocenters. The van der Waals surface area contributed by atoms with Crippen LogP contribution in [0.4, 0.5) is 33.9 Å². The first-order valence-electron chi connectivity index (χ1n) is 9.42. The zero-order valence-corrected chi connectivity index (χ0v) is 15.4. The molecule has 1 saturated carbocycles. The van der Waals surface area contributed by atoms with E-state index >= 15 is 0 Å². The Bertz CT molecular complexity index is 887. The average Bonchev–Trinajstić information content (AvgIpc) is 3.25. The van der Waals surface area contributed by atoms with Crippen molar-refractivity contribution in [2.45, 2.75) is 25.1 Å². The van der Waals surface area contributed by atoms with Crippen LogP contribution in [0.3, 0.4) is 0 Å². The second kappa shape index (κ2) is 7.53. The molecule has 1 aromatic heterocycles. The lowest BCUT2D eigenvalue weighted by molar-refractivity contribution is -0.141. The SMILES string of the molecule is O=C(Nc1ccc(F)cc1)NC1CC[C@@H]2CN(c3cccc(C(F)(F)F)n3)CC12. The van der Waals surface area contributed by atoms with Crippen molar-refractivity contribution in [1.82, 2.24) is 10.3 Å². The van der Waals surface area contributed by atoms with E-state index in [4.69, 9.17) is 0 Å². The summed E-state index contributed by atoms with van der Waals surface area (Å²) in [5.74, 6) is 0.361. The number of anilines is 2. The molecule has 1 aliphatic heterocycles. The summed E-state index contributed by atoms with van der Waals surface area (Å²) in [4.78, 5) is 17.9. The lowest BCUT2D eigenvalue weighted by atomic mass is 9.98. The van der Waals surface area contributed by atoms with Crippen LogP contribution in [0.15, 0.2) is 42.5 Å². The Hall–Kier alpha value is -2.84. The molecule has 2 amide bonds. The monoisotopic (exact) mass is 408 g/mol. The number of amides is 2. The fourth-order valence-electron chi connectivity index (χ4n) is 4.26. The van der Waals surface area contributed by atoms with Gasteiger partial charge in [-0.25, -0.2) is 14.2 Å². The predicted molar refractivity (Wildman–Crippen MR) is 100 cm³/mol. The van der Waals surface area contributed by atoms with Crippen molar-refractivity contribution in [2.24, 2.45) is 11.8 Å². The van der Waals surface area contributed by atoms with Gasteiger partial charge in [0.1, 0.15) is 17.3 Å². The summed E-state index contributed by atoms with van der Waals surface area (Å²) in [6.45, 7) is 1.16. The van der Waals surface area contributed by atoms with E-state index in [2.05, 4.69) is 15.6 Å². The van der Waals surface area contributed by atoms with Gasteiger partial charge in [0.25, 0.3) is 0 Å². The van der Waals surface area contributed by atoms with Crippen molar-refractivity contribution < 1.29 is 22.4 Å². The van der Waals surface area contributed by atoms with Crippen molar-refractivity contribution in [2.75, 3.05) is 23.3 Å². The van der Waals surface area contributed by atoms with E-state index in [1.807, 2.05) is 4.90 Å². The van der Waals surface area contributed by atoms with Crippen LogP contribution in [0.25, 0.3) is 0 Å². The fourth-order valence-corrected chi connectivity index (χ4v) is 4.26. The molecule has 5 nitrogen and oxygen atoms in total. The van der Waals surface area contributed by atoms with Crippen LogP contribution < -0.4 is 15.5 Å². The third-order valence-corrected chi connectivity index (χ3v) is 5.62. The zero-order valence-electron chi connectivity index (χ0n) is 15.4. The molecule has 0 spiro atoms. The lowest BCUT2D eigenvalue weighted by Crippen LogP contribution is -2.42. The van der Waals surface area contributed by atoms with Gasteiger partial charge in [-0.05, 0) is 55.2 Å². The van der Waals surface area contributed by atoms with E-state index in [1.54, 1.807) is 6.07 Å². The third-order valence-electron chi connectivity index (χ3n) is 5.62. The molecule has 4 rings (SSSR count). The largest absolute Gasteiger partial charge is 0.433 e. The molecule has 2 heterocycles. The Kier molecular flexibility index (Phi) is 5.06. The number of alkyl halides is 3. The number of halogens is 4. The van der Waals surface area contributed by atoms with Gasteiger partial charge in [-0.2, -0.15) is 13.2 Å². The third kappa shape index (κ3) is 4.28. The van der Waals surface area contributed by atoms with E-state index in [1.165, 1.54) is 30.3 Å². The molecule has 2 N–H and O–H groups in total. The van der Waals surface area contributed by atoms with Crippen molar-refractivity contribution in [3.63, 3.8) is 0 Å². The summed E-state index contributed by atoms with van der Waals surface area (Å²) in [7, 11) is 0. The Morgan fingerprint density at radius 3 is 2.55 bits per heavy atom. The lowest BCUT2D eigenvalue weighted by Gasteiger charge is -2.23. The van der Waals surface area contributed by atoms with E-state index < -0.39 is 11.9 Å². The Balaban J connectivity index is 1.38. The molecule has 29 heavy (non-hydrogen) atoms. The minimum Gasteiger partial charge on any atom is -0.356 e. The van der Waals surface area contributed by atoms with Gasteiger partial charge in [0.15, 0.2) is 0 Å². The number of benzene rings is 1. The maximum absolute atomic E-state index is 13.0. The average molecular weight is 408 g/mol. The van der Waals surface area contributed by atoms with Crippen LogP contribution in [-0.2, 0) is 6.18 Å². The molecule has 1 aromatic carbocycles. The first kappa shape index (κ1) is 19.5. The first-order chi connectivity index (χ1) is 13.8. The highest BCUT2D eigenvalue weighted by Crippen LogP contribution is 2.40. The quantitative estimate of drug-likeness (QED) is 0.746. The summed E-state index contributed by atoms with van der Waals surface area (Å²) >= 11 is 0. The molecule has 1 aliphatic carbocycles. The second-order valence-corrected chi connectivity index (χ2v) is 7.50. The van der Waals surface area contributed by atoms with Crippen molar-refractivity contribution in [1.29, 1.82) is 0 Å². The highest BCUT2D eigenvalue weighted by Gasteiger charge is 2.44. The number of fused-ring (bicyclic) bond motifs is 1.